The third-order valence-electron chi connectivity index (χ3n) is 1.61. The van der Waals surface area contributed by atoms with Crippen molar-refractivity contribution < 1.29 is 0 Å². The van der Waals surface area contributed by atoms with Crippen LogP contribution in [0.3, 0.4) is 0 Å². The van der Waals surface area contributed by atoms with E-state index in [2.05, 4.69) is 34.8 Å². The second kappa shape index (κ2) is 4.23. The SMILES string of the molecule is CC(C)CCc1sc(N)nc1Br. The van der Waals surface area contributed by atoms with Gasteiger partial charge in [-0.25, -0.2) is 4.98 Å². The molecule has 0 bridgehead atoms. The molecule has 2 N–H and O–H groups in total. The number of nitrogen functional groups attached to an aromatic ring is 1. The lowest BCUT2D eigenvalue weighted by Crippen LogP contribution is -1.90. The summed E-state index contributed by atoms with van der Waals surface area (Å²) >= 11 is 4.96. The van der Waals surface area contributed by atoms with Gasteiger partial charge in [-0.05, 0) is 34.7 Å². The van der Waals surface area contributed by atoms with Gasteiger partial charge in [-0.15, -0.1) is 11.3 Å². The molecule has 1 aromatic heterocycles. The maximum atomic E-state index is 5.56. The molecule has 0 aromatic carbocycles. The summed E-state index contributed by atoms with van der Waals surface area (Å²) in [7, 11) is 0. The average molecular weight is 249 g/mol. The summed E-state index contributed by atoms with van der Waals surface area (Å²) in [6, 6.07) is 0. The van der Waals surface area contributed by atoms with Gasteiger partial charge in [0.1, 0.15) is 4.60 Å². The van der Waals surface area contributed by atoms with Gasteiger partial charge in [0.15, 0.2) is 5.13 Å². The molecular weight excluding hydrogens is 236 g/mol. The smallest absolute Gasteiger partial charge is 0.181 e. The maximum absolute atomic E-state index is 5.56. The highest BCUT2D eigenvalue weighted by Gasteiger charge is 2.06. The minimum absolute atomic E-state index is 0.653. The fourth-order valence-corrected chi connectivity index (χ4v) is 2.41. The number of rotatable bonds is 3. The van der Waals surface area contributed by atoms with Crippen molar-refractivity contribution in [3.8, 4) is 0 Å². The van der Waals surface area contributed by atoms with Crippen molar-refractivity contribution in [2.45, 2.75) is 26.7 Å². The number of aryl methyl sites for hydroxylation is 1. The van der Waals surface area contributed by atoms with Crippen LogP contribution in [0.2, 0.25) is 0 Å². The molecule has 68 valence electrons. The zero-order valence-corrected chi connectivity index (χ0v) is 9.70. The van der Waals surface area contributed by atoms with Crippen molar-refractivity contribution in [2.24, 2.45) is 5.92 Å². The van der Waals surface area contributed by atoms with Crippen LogP contribution in [0.5, 0.6) is 0 Å². The standard InChI is InChI=1S/C8H13BrN2S/c1-5(2)3-4-6-7(9)11-8(10)12-6/h5H,3-4H2,1-2H3,(H2,10,11). The van der Waals surface area contributed by atoms with Crippen molar-refractivity contribution in [1.82, 2.24) is 4.98 Å². The monoisotopic (exact) mass is 248 g/mol. The first-order chi connectivity index (χ1) is 5.59. The van der Waals surface area contributed by atoms with Crippen LogP contribution in [0.4, 0.5) is 5.13 Å². The Morgan fingerprint density at radius 2 is 2.25 bits per heavy atom. The van der Waals surface area contributed by atoms with E-state index in [-0.39, 0.29) is 0 Å². The van der Waals surface area contributed by atoms with Crippen LogP contribution in [0.25, 0.3) is 0 Å². The van der Waals surface area contributed by atoms with E-state index >= 15 is 0 Å². The minimum Gasteiger partial charge on any atom is -0.375 e. The Labute approximate surface area is 85.3 Å². The summed E-state index contributed by atoms with van der Waals surface area (Å²) in [6.45, 7) is 4.44. The average Bonchev–Trinajstić information content (AvgIpc) is 2.26. The number of nitrogens with zero attached hydrogens (tertiary/aromatic N) is 1. The van der Waals surface area contributed by atoms with Crippen LogP contribution in [-0.4, -0.2) is 4.98 Å². The molecule has 2 nitrogen and oxygen atoms in total. The van der Waals surface area contributed by atoms with Gasteiger partial charge in [-0.2, -0.15) is 0 Å². The van der Waals surface area contributed by atoms with E-state index in [1.807, 2.05) is 0 Å². The predicted octanol–water partition coefficient (Wildman–Crippen LogP) is 3.08. The molecule has 0 aliphatic carbocycles. The Hall–Kier alpha value is -0.0900. The Morgan fingerprint density at radius 1 is 1.58 bits per heavy atom. The van der Waals surface area contributed by atoms with E-state index in [4.69, 9.17) is 5.73 Å². The molecule has 0 aliphatic heterocycles. The van der Waals surface area contributed by atoms with Crippen molar-refractivity contribution in [1.29, 1.82) is 0 Å². The highest BCUT2D eigenvalue weighted by molar-refractivity contribution is 9.10. The Morgan fingerprint density at radius 3 is 2.67 bits per heavy atom. The van der Waals surface area contributed by atoms with Gasteiger partial charge < -0.3 is 5.73 Å². The second-order valence-electron chi connectivity index (χ2n) is 3.20. The molecule has 0 unspecified atom stereocenters. The number of hydrogen-bond acceptors (Lipinski definition) is 3. The fourth-order valence-electron chi connectivity index (χ4n) is 0.924. The minimum atomic E-state index is 0.653. The molecule has 0 saturated heterocycles. The normalized spacial score (nSPS) is 11.0. The lowest BCUT2D eigenvalue weighted by atomic mass is 10.1. The van der Waals surface area contributed by atoms with E-state index in [1.54, 1.807) is 11.3 Å². The highest BCUT2D eigenvalue weighted by Crippen LogP contribution is 2.27. The van der Waals surface area contributed by atoms with Crippen molar-refractivity contribution in [2.75, 3.05) is 5.73 Å². The van der Waals surface area contributed by atoms with E-state index in [9.17, 15) is 0 Å². The lowest BCUT2D eigenvalue weighted by Gasteiger charge is -2.01. The van der Waals surface area contributed by atoms with E-state index < -0.39 is 0 Å². The molecule has 0 atom stereocenters. The third-order valence-corrected chi connectivity index (χ3v) is 3.48. The first-order valence-electron chi connectivity index (χ1n) is 4.00. The molecule has 12 heavy (non-hydrogen) atoms. The summed E-state index contributed by atoms with van der Waals surface area (Å²) in [4.78, 5) is 5.37. The fraction of sp³-hybridized carbons (Fsp3) is 0.625. The van der Waals surface area contributed by atoms with Crippen LogP contribution in [0.1, 0.15) is 25.1 Å². The topological polar surface area (TPSA) is 38.9 Å². The summed E-state index contributed by atoms with van der Waals surface area (Å²) in [6.07, 6.45) is 2.27. The number of halogens is 1. The zero-order chi connectivity index (χ0) is 9.14. The number of hydrogen-bond donors (Lipinski definition) is 1. The second-order valence-corrected chi connectivity index (χ2v) is 5.06. The summed E-state index contributed by atoms with van der Waals surface area (Å²) in [5.74, 6) is 0.736. The molecule has 0 aliphatic rings. The quantitative estimate of drug-likeness (QED) is 0.894. The molecule has 0 spiro atoms. The summed E-state index contributed by atoms with van der Waals surface area (Å²) in [5.41, 5.74) is 5.56. The Bertz CT molecular complexity index is 258. The first-order valence-corrected chi connectivity index (χ1v) is 5.61. The predicted molar refractivity (Wildman–Crippen MR) is 57.4 cm³/mol. The van der Waals surface area contributed by atoms with Crippen LogP contribution in [0, 0.1) is 5.92 Å². The van der Waals surface area contributed by atoms with E-state index in [0.29, 0.717) is 5.13 Å². The van der Waals surface area contributed by atoms with Crippen LogP contribution in [-0.2, 0) is 6.42 Å². The van der Waals surface area contributed by atoms with E-state index in [1.165, 1.54) is 11.3 Å². The van der Waals surface area contributed by atoms with Gasteiger partial charge in [0.05, 0.1) is 0 Å². The third kappa shape index (κ3) is 2.75. The Balaban J connectivity index is 2.57. The van der Waals surface area contributed by atoms with Gasteiger partial charge >= 0.3 is 0 Å². The van der Waals surface area contributed by atoms with Crippen LogP contribution >= 0.6 is 27.3 Å². The number of nitrogens with two attached hydrogens (primary N) is 1. The first kappa shape index (κ1) is 9.99. The lowest BCUT2D eigenvalue weighted by molar-refractivity contribution is 0.589. The number of thiazole rings is 1. The molecule has 1 aromatic rings. The molecule has 0 amide bonds. The Kier molecular flexibility index (Phi) is 3.53. The maximum Gasteiger partial charge on any atom is 0.181 e. The molecule has 1 rings (SSSR count). The van der Waals surface area contributed by atoms with Crippen molar-refractivity contribution in [3.63, 3.8) is 0 Å². The molecule has 4 heteroatoms. The van der Waals surface area contributed by atoms with Gasteiger partial charge in [0, 0.05) is 4.88 Å². The van der Waals surface area contributed by atoms with Gasteiger partial charge in [-0.1, -0.05) is 13.8 Å². The van der Waals surface area contributed by atoms with Crippen LogP contribution in [0.15, 0.2) is 4.60 Å². The zero-order valence-electron chi connectivity index (χ0n) is 7.30. The largest absolute Gasteiger partial charge is 0.375 e. The molecule has 0 saturated carbocycles. The molecule has 1 heterocycles. The van der Waals surface area contributed by atoms with Gasteiger partial charge in [0.25, 0.3) is 0 Å². The molecule has 0 radical (unpaired) electrons. The van der Waals surface area contributed by atoms with Crippen molar-refractivity contribution >= 4 is 32.4 Å². The number of aromatic nitrogens is 1. The van der Waals surface area contributed by atoms with E-state index in [0.717, 1.165) is 16.9 Å². The number of anilines is 1. The highest BCUT2D eigenvalue weighted by atomic mass is 79.9. The van der Waals surface area contributed by atoms with Crippen LogP contribution < -0.4 is 5.73 Å². The summed E-state index contributed by atoms with van der Waals surface area (Å²) in [5, 5.41) is 0.653. The van der Waals surface area contributed by atoms with Gasteiger partial charge in [0.2, 0.25) is 0 Å². The van der Waals surface area contributed by atoms with Gasteiger partial charge in [-0.3, -0.25) is 0 Å². The summed E-state index contributed by atoms with van der Waals surface area (Å²) < 4.78 is 0.922. The molecular formula is C8H13BrN2S. The van der Waals surface area contributed by atoms with Crippen molar-refractivity contribution in [3.05, 3.63) is 9.48 Å². The molecule has 0 fully saturated rings.